The molecule has 5 nitrogen and oxygen atoms in total. The van der Waals surface area contributed by atoms with Crippen LogP contribution in [0.1, 0.15) is 53.4 Å². The molecule has 0 rings (SSSR count). The second kappa shape index (κ2) is 10.4. The third kappa shape index (κ3) is 10.1. The van der Waals surface area contributed by atoms with Crippen molar-refractivity contribution in [2.45, 2.75) is 59.4 Å². The molecule has 0 spiro atoms. The molecule has 0 fully saturated rings. The van der Waals surface area contributed by atoms with Crippen LogP contribution in [0.3, 0.4) is 0 Å². The van der Waals surface area contributed by atoms with Crippen LogP contribution in [-0.4, -0.2) is 36.2 Å². The highest BCUT2D eigenvalue weighted by Crippen LogP contribution is 2.15. The third-order valence-corrected chi connectivity index (χ3v) is 2.87. The van der Waals surface area contributed by atoms with Crippen molar-refractivity contribution in [3.8, 4) is 0 Å². The molecule has 1 atom stereocenters. The van der Waals surface area contributed by atoms with Gasteiger partial charge in [0.2, 0.25) is 0 Å². The first-order valence-corrected chi connectivity index (χ1v) is 7.59. The van der Waals surface area contributed by atoms with Gasteiger partial charge in [0.15, 0.2) is 0 Å². The highest BCUT2D eigenvalue weighted by Gasteiger charge is 2.22. The van der Waals surface area contributed by atoms with Crippen LogP contribution in [0.4, 0.5) is 0 Å². The van der Waals surface area contributed by atoms with Crippen LogP contribution in [-0.2, 0) is 14.3 Å². The number of nitrogens with one attached hydrogen (secondary N) is 1. The first-order valence-electron chi connectivity index (χ1n) is 7.59. The summed E-state index contributed by atoms with van der Waals surface area (Å²) >= 11 is 0. The summed E-state index contributed by atoms with van der Waals surface area (Å²) in [5, 5.41) is 12.1. The number of carboxylic acids is 1. The summed E-state index contributed by atoms with van der Waals surface area (Å²) in [4.78, 5) is 22.6. The maximum Gasteiger partial charge on any atom is 0.324 e. The number of unbranched alkanes of at least 4 members (excludes halogenated alkanes) is 2. The zero-order chi connectivity index (χ0) is 16.3. The molecule has 0 heterocycles. The summed E-state index contributed by atoms with van der Waals surface area (Å²) in [5.74, 6) is -1.14. The quantitative estimate of drug-likeness (QED) is 0.368. The summed E-state index contributed by atoms with van der Waals surface area (Å²) in [6, 6.07) is -0.680. The van der Waals surface area contributed by atoms with E-state index in [2.05, 4.69) is 12.2 Å². The summed E-state index contributed by atoms with van der Waals surface area (Å²) < 4.78 is 5.10. The van der Waals surface area contributed by atoms with Crippen molar-refractivity contribution >= 4 is 11.9 Å². The Balaban J connectivity index is 4.00. The van der Waals surface area contributed by atoms with E-state index in [0.717, 1.165) is 19.3 Å². The fourth-order valence-electron chi connectivity index (χ4n) is 1.54. The van der Waals surface area contributed by atoms with E-state index in [1.807, 2.05) is 0 Å². The zero-order valence-electron chi connectivity index (χ0n) is 13.6. The van der Waals surface area contributed by atoms with Crippen LogP contribution < -0.4 is 5.32 Å². The zero-order valence-corrected chi connectivity index (χ0v) is 13.6. The molecule has 0 radical (unpaired) electrons. The number of rotatable bonds is 10. The van der Waals surface area contributed by atoms with Crippen LogP contribution >= 0.6 is 0 Å². The number of carbonyl (C=O) groups excluding carboxylic acids is 1. The van der Waals surface area contributed by atoms with Crippen LogP contribution in [0.2, 0.25) is 0 Å². The monoisotopic (exact) mass is 299 g/mol. The SMILES string of the molecule is CCCCCNC(C=CCCOC(=O)C(C)(C)C)C(=O)O. The minimum absolute atomic E-state index is 0.247. The van der Waals surface area contributed by atoms with Gasteiger partial charge in [-0.25, -0.2) is 0 Å². The predicted octanol–water partition coefficient (Wildman–Crippen LogP) is 2.76. The number of carboxylic acid groups (broad SMARTS) is 1. The van der Waals surface area contributed by atoms with Gasteiger partial charge in [-0.3, -0.25) is 9.59 Å². The topological polar surface area (TPSA) is 75.6 Å². The molecule has 0 saturated carbocycles. The molecule has 0 aromatic rings. The summed E-state index contributed by atoms with van der Waals surface area (Å²) in [7, 11) is 0. The number of carbonyl (C=O) groups is 2. The fraction of sp³-hybridized carbons (Fsp3) is 0.750. The minimum atomic E-state index is -0.894. The Morgan fingerprint density at radius 2 is 1.95 bits per heavy atom. The van der Waals surface area contributed by atoms with Crippen molar-refractivity contribution in [3.63, 3.8) is 0 Å². The molecule has 5 heteroatoms. The van der Waals surface area contributed by atoms with E-state index in [1.165, 1.54) is 0 Å². The van der Waals surface area contributed by atoms with Gasteiger partial charge in [-0.05, 0) is 40.2 Å². The highest BCUT2D eigenvalue weighted by molar-refractivity contribution is 5.76. The fourth-order valence-corrected chi connectivity index (χ4v) is 1.54. The van der Waals surface area contributed by atoms with E-state index in [0.29, 0.717) is 13.0 Å². The number of aliphatic carboxylic acids is 1. The van der Waals surface area contributed by atoms with Crippen molar-refractivity contribution in [1.29, 1.82) is 0 Å². The van der Waals surface area contributed by atoms with E-state index in [1.54, 1.807) is 32.9 Å². The lowest BCUT2D eigenvalue weighted by Gasteiger charge is -2.16. The number of ether oxygens (including phenoxy) is 1. The Morgan fingerprint density at radius 3 is 2.48 bits per heavy atom. The van der Waals surface area contributed by atoms with Gasteiger partial charge in [0.05, 0.1) is 12.0 Å². The van der Waals surface area contributed by atoms with Gasteiger partial charge in [-0.1, -0.05) is 31.9 Å². The van der Waals surface area contributed by atoms with Crippen LogP contribution in [0.25, 0.3) is 0 Å². The molecule has 0 aliphatic carbocycles. The highest BCUT2D eigenvalue weighted by atomic mass is 16.5. The van der Waals surface area contributed by atoms with E-state index in [4.69, 9.17) is 9.84 Å². The Labute approximate surface area is 127 Å². The standard InChI is InChI=1S/C16H29NO4/c1-5-6-8-11-17-13(14(18)19)10-7-9-12-21-15(20)16(2,3)4/h7,10,13,17H,5-6,8-9,11-12H2,1-4H3,(H,18,19). The normalized spacial score (nSPS) is 13.3. The largest absolute Gasteiger partial charge is 0.480 e. The van der Waals surface area contributed by atoms with Crippen molar-refractivity contribution < 1.29 is 19.4 Å². The molecule has 0 saturated heterocycles. The molecule has 21 heavy (non-hydrogen) atoms. The number of esters is 1. The van der Waals surface area contributed by atoms with Crippen LogP contribution in [0, 0.1) is 5.41 Å². The van der Waals surface area contributed by atoms with Crippen LogP contribution in [0.5, 0.6) is 0 Å². The average Bonchev–Trinajstić information content (AvgIpc) is 2.39. The first-order chi connectivity index (χ1) is 9.79. The smallest absolute Gasteiger partial charge is 0.324 e. The molecule has 2 N–H and O–H groups in total. The second-order valence-corrected chi connectivity index (χ2v) is 6.08. The molecule has 0 bridgehead atoms. The summed E-state index contributed by atoms with van der Waals surface area (Å²) in [5.41, 5.74) is -0.506. The number of hydrogen-bond acceptors (Lipinski definition) is 4. The van der Waals surface area contributed by atoms with E-state index in [9.17, 15) is 9.59 Å². The van der Waals surface area contributed by atoms with Gasteiger partial charge in [0.1, 0.15) is 6.04 Å². The maximum atomic E-state index is 11.5. The van der Waals surface area contributed by atoms with E-state index >= 15 is 0 Å². The Hall–Kier alpha value is -1.36. The lowest BCUT2D eigenvalue weighted by Crippen LogP contribution is -2.35. The van der Waals surface area contributed by atoms with Gasteiger partial charge in [0.25, 0.3) is 0 Å². The summed E-state index contributed by atoms with van der Waals surface area (Å²) in [6.45, 7) is 8.46. The molecule has 0 aromatic carbocycles. The predicted molar refractivity (Wildman–Crippen MR) is 83.1 cm³/mol. The second-order valence-electron chi connectivity index (χ2n) is 6.08. The Kier molecular flexibility index (Phi) is 9.71. The Bertz CT molecular complexity index is 345. The number of hydrogen-bond donors (Lipinski definition) is 2. The van der Waals surface area contributed by atoms with Gasteiger partial charge in [0, 0.05) is 0 Å². The lowest BCUT2D eigenvalue weighted by molar-refractivity contribution is -0.152. The molecule has 1 unspecified atom stereocenters. The van der Waals surface area contributed by atoms with Gasteiger partial charge in [-0.15, -0.1) is 0 Å². The van der Waals surface area contributed by atoms with Crippen molar-refractivity contribution in [1.82, 2.24) is 5.32 Å². The van der Waals surface area contributed by atoms with Gasteiger partial charge < -0.3 is 15.2 Å². The van der Waals surface area contributed by atoms with Gasteiger partial charge in [-0.2, -0.15) is 0 Å². The molecule has 0 aliphatic heterocycles. The van der Waals surface area contributed by atoms with Gasteiger partial charge >= 0.3 is 11.9 Å². The maximum absolute atomic E-state index is 11.5. The molecule has 0 aliphatic rings. The van der Waals surface area contributed by atoms with E-state index < -0.39 is 17.4 Å². The van der Waals surface area contributed by atoms with Crippen molar-refractivity contribution in [3.05, 3.63) is 12.2 Å². The first kappa shape index (κ1) is 19.6. The van der Waals surface area contributed by atoms with Crippen molar-refractivity contribution in [2.75, 3.05) is 13.2 Å². The molecule has 0 amide bonds. The van der Waals surface area contributed by atoms with E-state index in [-0.39, 0.29) is 12.6 Å². The molecular formula is C16H29NO4. The Morgan fingerprint density at radius 1 is 1.29 bits per heavy atom. The average molecular weight is 299 g/mol. The molecular weight excluding hydrogens is 270 g/mol. The van der Waals surface area contributed by atoms with Crippen molar-refractivity contribution in [2.24, 2.45) is 5.41 Å². The molecule has 122 valence electrons. The third-order valence-electron chi connectivity index (χ3n) is 2.87. The minimum Gasteiger partial charge on any atom is -0.480 e. The van der Waals surface area contributed by atoms with Crippen LogP contribution in [0.15, 0.2) is 12.2 Å². The molecule has 0 aromatic heterocycles. The lowest BCUT2D eigenvalue weighted by atomic mass is 9.97. The summed E-state index contributed by atoms with van der Waals surface area (Å²) in [6.07, 6.45) is 7.03.